The Morgan fingerprint density at radius 1 is 1.09 bits per heavy atom. The first-order valence-corrected chi connectivity index (χ1v) is 10.7. The Labute approximate surface area is 195 Å². The van der Waals surface area contributed by atoms with E-state index in [-0.39, 0.29) is 36.2 Å². The largest absolute Gasteiger partial charge is 0.459 e. The first kappa shape index (κ1) is 24.6. The molecule has 2 N–H and O–H groups in total. The lowest BCUT2D eigenvalue weighted by atomic mass is 10.1. The van der Waals surface area contributed by atoms with Gasteiger partial charge in [-0.1, -0.05) is 0 Å². The number of esters is 2. The predicted molar refractivity (Wildman–Crippen MR) is 123 cm³/mol. The molecule has 0 unspecified atom stereocenters. The number of aryl methyl sites for hydroxylation is 1. The number of hydrogen-bond acceptors (Lipinski definition) is 8. The zero-order chi connectivity index (χ0) is 25.0. The van der Waals surface area contributed by atoms with E-state index >= 15 is 0 Å². The number of carbonyl (C=O) groups is 3. The number of nitrogens with one attached hydrogen (secondary N) is 2. The Morgan fingerprint density at radius 3 is 2.50 bits per heavy atom. The molecule has 1 amide bonds. The van der Waals surface area contributed by atoms with Crippen molar-refractivity contribution < 1.29 is 33.0 Å². The van der Waals surface area contributed by atoms with Crippen LogP contribution >= 0.6 is 0 Å². The Hall–Kier alpha value is -4.08. The van der Waals surface area contributed by atoms with Crippen LogP contribution in [0.4, 0.5) is 10.5 Å². The molecule has 0 spiro atoms. The molecular formula is C24H26N2O8. The van der Waals surface area contributed by atoms with Gasteiger partial charge < -0.3 is 23.6 Å². The predicted octanol–water partition coefficient (Wildman–Crippen LogP) is 4.23. The van der Waals surface area contributed by atoms with E-state index in [0.29, 0.717) is 27.9 Å². The zero-order valence-corrected chi connectivity index (χ0v) is 19.6. The van der Waals surface area contributed by atoms with Gasteiger partial charge in [0, 0.05) is 34.5 Å². The van der Waals surface area contributed by atoms with Gasteiger partial charge in [-0.3, -0.25) is 5.32 Å². The summed E-state index contributed by atoms with van der Waals surface area (Å²) in [6.45, 7) is 8.45. The van der Waals surface area contributed by atoms with Crippen molar-refractivity contribution in [3.63, 3.8) is 0 Å². The molecule has 0 aliphatic heterocycles. The van der Waals surface area contributed by atoms with Gasteiger partial charge in [-0.25, -0.2) is 19.2 Å². The van der Waals surface area contributed by atoms with E-state index < -0.39 is 23.7 Å². The van der Waals surface area contributed by atoms with Gasteiger partial charge in [0.15, 0.2) is 0 Å². The highest BCUT2D eigenvalue weighted by Gasteiger charge is 2.24. The third-order valence-corrected chi connectivity index (χ3v) is 4.90. The first-order valence-electron chi connectivity index (χ1n) is 10.7. The number of amides is 1. The number of carbonyl (C=O) groups excluding carboxylic acids is 3. The Kier molecular flexibility index (Phi) is 7.40. The summed E-state index contributed by atoms with van der Waals surface area (Å²) in [6.07, 6.45) is -0.940. The summed E-state index contributed by atoms with van der Waals surface area (Å²) in [5, 5.41) is 3.06. The number of H-pyrrole nitrogens is 1. The molecule has 0 atom stereocenters. The second-order valence-electron chi connectivity index (χ2n) is 7.80. The summed E-state index contributed by atoms with van der Waals surface area (Å²) in [4.78, 5) is 51.6. The number of fused-ring (bicyclic) bond motifs is 1. The van der Waals surface area contributed by atoms with E-state index in [9.17, 15) is 19.2 Å². The normalized spacial score (nSPS) is 10.9. The molecule has 3 aromatic rings. The van der Waals surface area contributed by atoms with Crippen molar-refractivity contribution in [3.8, 4) is 0 Å². The van der Waals surface area contributed by atoms with Crippen LogP contribution in [0, 0.1) is 13.8 Å². The molecular weight excluding hydrogens is 444 g/mol. The summed E-state index contributed by atoms with van der Waals surface area (Å²) in [5.74, 6) is -1.22. The number of rotatable bonds is 7. The smallest absolute Gasteiger partial charge is 0.411 e. The van der Waals surface area contributed by atoms with Gasteiger partial charge in [-0.15, -0.1) is 0 Å². The maximum Gasteiger partial charge on any atom is 0.411 e. The van der Waals surface area contributed by atoms with E-state index in [1.807, 2.05) is 0 Å². The van der Waals surface area contributed by atoms with Crippen LogP contribution in [0.15, 0.2) is 33.5 Å². The van der Waals surface area contributed by atoms with Gasteiger partial charge in [0.1, 0.15) is 17.9 Å². The summed E-state index contributed by atoms with van der Waals surface area (Å²) < 4.78 is 20.7. The fourth-order valence-electron chi connectivity index (χ4n) is 3.46. The Morgan fingerprint density at radius 2 is 1.82 bits per heavy atom. The van der Waals surface area contributed by atoms with Crippen LogP contribution in [0.2, 0.25) is 0 Å². The quantitative estimate of drug-likeness (QED) is 0.297. The number of benzene rings is 1. The molecule has 0 saturated heterocycles. The third kappa shape index (κ3) is 5.45. The lowest BCUT2D eigenvalue weighted by Crippen LogP contribution is -2.14. The average molecular weight is 470 g/mol. The van der Waals surface area contributed by atoms with Crippen LogP contribution in [-0.2, 0) is 20.8 Å². The van der Waals surface area contributed by atoms with Gasteiger partial charge in [-0.05, 0) is 52.3 Å². The highest BCUT2D eigenvalue weighted by Crippen LogP contribution is 2.24. The molecule has 0 radical (unpaired) electrons. The van der Waals surface area contributed by atoms with Gasteiger partial charge >= 0.3 is 23.7 Å². The zero-order valence-electron chi connectivity index (χ0n) is 19.6. The summed E-state index contributed by atoms with van der Waals surface area (Å²) >= 11 is 0. The maximum atomic E-state index is 12.7. The lowest BCUT2D eigenvalue weighted by Gasteiger charge is -2.10. The maximum absolute atomic E-state index is 12.7. The molecule has 0 aliphatic carbocycles. The van der Waals surface area contributed by atoms with Crippen LogP contribution in [-0.4, -0.2) is 35.7 Å². The summed E-state index contributed by atoms with van der Waals surface area (Å²) in [7, 11) is 0. The van der Waals surface area contributed by atoms with E-state index in [4.69, 9.17) is 18.6 Å². The van der Waals surface area contributed by atoms with Crippen molar-refractivity contribution in [2.24, 2.45) is 0 Å². The Balaban J connectivity index is 1.81. The third-order valence-electron chi connectivity index (χ3n) is 4.90. The number of hydrogen-bond donors (Lipinski definition) is 2. The van der Waals surface area contributed by atoms with Gasteiger partial charge in [0.2, 0.25) is 0 Å². The van der Waals surface area contributed by atoms with Crippen molar-refractivity contribution in [3.05, 3.63) is 62.8 Å². The van der Waals surface area contributed by atoms with E-state index in [0.717, 1.165) is 0 Å². The van der Waals surface area contributed by atoms with E-state index in [2.05, 4.69) is 10.3 Å². The summed E-state index contributed by atoms with van der Waals surface area (Å²) in [5.41, 5.74) is 1.68. The molecule has 3 rings (SSSR count). The molecule has 10 nitrogen and oxygen atoms in total. The molecule has 34 heavy (non-hydrogen) atoms. The van der Waals surface area contributed by atoms with Crippen molar-refractivity contribution in [2.75, 3.05) is 11.9 Å². The minimum Gasteiger partial charge on any atom is -0.459 e. The fourth-order valence-corrected chi connectivity index (χ4v) is 3.46. The second kappa shape index (κ2) is 10.2. The Bertz CT molecular complexity index is 1300. The SMILES string of the molecule is CCOC(=O)Nc1ccc2c(COC(=O)c3[nH]c(C)c(C(=O)OC(C)C)c3C)cc(=O)oc2c1. The van der Waals surface area contributed by atoms with Crippen molar-refractivity contribution in [2.45, 2.75) is 47.3 Å². The van der Waals surface area contributed by atoms with Gasteiger partial charge in [0.25, 0.3) is 0 Å². The van der Waals surface area contributed by atoms with E-state index in [1.54, 1.807) is 46.8 Å². The molecule has 0 fully saturated rings. The first-order chi connectivity index (χ1) is 16.1. The fraction of sp³-hybridized carbons (Fsp3) is 0.333. The average Bonchev–Trinajstić information content (AvgIpc) is 3.05. The lowest BCUT2D eigenvalue weighted by molar-refractivity contribution is 0.0376. The van der Waals surface area contributed by atoms with Crippen LogP contribution in [0.5, 0.6) is 0 Å². The molecule has 1 aromatic carbocycles. The monoisotopic (exact) mass is 470 g/mol. The van der Waals surface area contributed by atoms with E-state index in [1.165, 1.54) is 12.1 Å². The molecule has 10 heteroatoms. The molecule has 2 heterocycles. The van der Waals surface area contributed by atoms with Crippen LogP contribution in [0.1, 0.15) is 58.4 Å². The number of ether oxygens (including phenoxy) is 3. The van der Waals surface area contributed by atoms with Gasteiger partial charge in [-0.2, -0.15) is 0 Å². The molecule has 2 aromatic heterocycles. The molecule has 0 bridgehead atoms. The van der Waals surface area contributed by atoms with Crippen molar-refractivity contribution in [1.29, 1.82) is 0 Å². The van der Waals surface area contributed by atoms with Crippen LogP contribution in [0.3, 0.4) is 0 Å². The summed E-state index contributed by atoms with van der Waals surface area (Å²) in [6, 6.07) is 5.94. The molecule has 0 aliphatic rings. The molecule has 0 saturated carbocycles. The minimum absolute atomic E-state index is 0.126. The van der Waals surface area contributed by atoms with Crippen molar-refractivity contribution >= 4 is 34.7 Å². The minimum atomic E-state index is -0.689. The van der Waals surface area contributed by atoms with Crippen molar-refractivity contribution in [1.82, 2.24) is 4.98 Å². The topological polar surface area (TPSA) is 137 Å². The number of aromatic amines is 1. The number of anilines is 1. The highest BCUT2D eigenvalue weighted by atomic mass is 16.6. The van der Waals surface area contributed by atoms with Gasteiger partial charge in [0.05, 0.1) is 18.3 Å². The highest BCUT2D eigenvalue weighted by molar-refractivity contribution is 5.98. The second-order valence-corrected chi connectivity index (χ2v) is 7.80. The van der Waals surface area contributed by atoms with Crippen LogP contribution in [0.25, 0.3) is 11.0 Å². The standard InChI is InChI=1S/C24H26N2O8/c1-6-31-24(30)26-16-7-8-17-15(9-19(27)34-18(17)10-16)11-32-23(29)21-13(4)20(14(5)25-21)22(28)33-12(2)3/h7-10,12,25H,6,11H2,1-5H3,(H,26,30). The van der Waals surface area contributed by atoms with Crippen LogP contribution < -0.4 is 10.9 Å². The number of aromatic nitrogens is 1. The molecule has 180 valence electrons.